The molecule has 5 heteroatoms. The Balaban J connectivity index is 1.84. The first-order chi connectivity index (χ1) is 13.1. The van der Waals surface area contributed by atoms with Crippen LogP contribution in [0.1, 0.15) is 66.6 Å². The summed E-state index contributed by atoms with van der Waals surface area (Å²) in [6.45, 7) is 3.68. The summed E-state index contributed by atoms with van der Waals surface area (Å²) in [5.74, 6) is -0.225. The molecular formula is C22H27FN2OS. The van der Waals surface area contributed by atoms with Crippen molar-refractivity contribution in [2.45, 2.75) is 57.9 Å². The Kier molecular flexibility index (Phi) is 5.60. The molecule has 1 aromatic heterocycles. The number of carbonyl (C=O) groups is 1. The number of halogens is 1. The van der Waals surface area contributed by atoms with Crippen LogP contribution >= 0.6 is 11.3 Å². The standard InChI is InChI=1S/C22H27FN2OS/c1-15(26)24-22-20(18-7-3-4-8-19(18)27-22)21(25-13-5-2-6-14-25)16-9-11-17(23)12-10-16/h9-12,21H,2-8,13-14H2,1H3,(H,24,26). The number of hydrogen-bond acceptors (Lipinski definition) is 3. The van der Waals surface area contributed by atoms with Crippen LogP contribution in [-0.4, -0.2) is 23.9 Å². The molecule has 27 heavy (non-hydrogen) atoms. The molecule has 2 aliphatic rings. The molecule has 2 heterocycles. The number of likely N-dealkylation sites (tertiary alicyclic amines) is 1. The lowest BCUT2D eigenvalue weighted by Crippen LogP contribution is -2.35. The zero-order valence-electron chi connectivity index (χ0n) is 15.9. The maximum atomic E-state index is 13.6. The van der Waals surface area contributed by atoms with Gasteiger partial charge in [0.1, 0.15) is 10.8 Å². The number of anilines is 1. The Bertz CT molecular complexity index is 808. The maximum absolute atomic E-state index is 13.6. The molecule has 0 spiro atoms. The summed E-state index contributed by atoms with van der Waals surface area (Å²) in [5, 5.41) is 4.10. The fraction of sp³-hybridized carbons (Fsp3) is 0.500. The van der Waals surface area contributed by atoms with E-state index in [0.29, 0.717) is 0 Å². The number of rotatable bonds is 4. The first kappa shape index (κ1) is 18.6. The third kappa shape index (κ3) is 3.94. The van der Waals surface area contributed by atoms with E-state index in [-0.39, 0.29) is 17.8 Å². The molecule has 0 radical (unpaired) electrons. The Hall–Kier alpha value is -1.72. The van der Waals surface area contributed by atoms with Crippen LogP contribution in [0.25, 0.3) is 0 Å². The fourth-order valence-corrected chi connectivity index (χ4v) is 5.88. The lowest BCUT2D eigenvalue weighted by Gasteiger charge is -2.36. The van der Waals surface area contributed by atoms with Crippen molar-refractivity contribution in [3.63, 3.8) is 0 Å². The molecule has 0 bridgehead atoms. The number of benzene rings is 1. The molecular weight excluding hydrogens is 359 g/mol. The molecule has 1 aromatic carbocycles. The smallest absolute Gasteiger partial charge is 0.221 e. The second-order valence-corrected chi connectivity index (χ2v) is 8.79. The normalized spacial score (nSPS) is 18.7. The van der Waals surface area contributed by atoms with Gasteiger partial charge >= 0.3 is 0 Å². The highest BCUT2D eigenvalue weighted by molar-refractivity contribution is 7.16. The van der Waals surface area contributed by atoms with E-state index in [9.17, 15) is 9.18 Å². The number of nitrogens with one attached hydrogen (secondary N) is 1. The van der Waals surface area contributed by atoms with Crippen LogP contribution in [0.15, 0.2) is 24.3 Å². The molecule has 4 rings (SSSR count). The Morgan fingerprint density at radius 1 is 1.07 bits per heavy atom. The number of nitrogens with zero attached hydrogens (tertiary/aromatic N) is 1. The molecule has 1 fully saturated rings. The van der Waals surface area contributed by atoms with Crippen LogP contribution in [0.2, 0.25) is 0 Å². The SMILES string of the molecule is CC(=O)Nc1sc2c(c1C(c1ccc(F)cc1)N1CCCCC1)CCCC2. The molecule has 0 saturated carbocycles. The first-order valence-corrected chi connectivity index (χ1v) is 10.9. The molecule has 1 amide bonds. The largest absolute Gasteiger partial charge is 0.318 e. The van der Waals surface area contributed by atoms with Crippen molar-refractivity contribution in [3.8, 4) is 0 Å². The van der Waals surface area contributed by atoms with E-state index in [1.54, 1.807) is 30.4 Å². The number of thiophene rings is 1. The van der Waals surface area contributed by atoms with Gasteiger partial charge in [-0.25, -0.2) is 4.39 Å². The van der Waals surface area contributed by atoms with Crippen LogP contribution in [0.5, 0.6) is 0 Å². The number of fused-ring (bicyclic) bond motifs is 1. The predicted molar refractivity (Wildman–Crippen MR) is 109 cm³/mol. The lowest BCUT2D eigenvalue weighted by atomic mass is 9.88. The van der Waals surface area contributed by atoms with Crippen molar-refractivity contribution in [2.24, 2.45) is 0 Å². The van der Waals surface area contributed by atoms with Gasteiger partial charge in [-0.15, -0.1) is 11.3 Å². The summed E-state index contributed by atoms with van der Waals surface area (Å²) in [6.07, 6.45) is 8.25. The van der Waals surface area contributed by atoms with Crippen molar-refractivity contribution < 1.29 is 9.18 Å². The molecule has 1 aliphatic heterocycles. The van der Waals surface area contributed by atoms with Gasteiger partial charge in [-0.05, 0) is 74.9 Å². The number of amides is 1. The van der Waals surface area contributed by atoms with E-state index in [1.807, 2.05) is 12.1 Å². The van der Waals surface area contributed by atoms with Crippen LogP contribution in [0.4, 0.5) is 9.39 Å². The molecule has 2 aromatic rings. The average molecular weight is 387 g/mol. The highest BCUT2D eigenvalue weighted by atomic mass is 32.1. The quantitative estimate of drug-likeness (QED) is 0.773. The minimum Gasteiger partial charge on any atom is -0.318 e. The minimum atomic E-state index is -0.203. The summed E-state index contributed by atoms with van der Waals surface area (Å²) >= 11 is 1.75. The highest BCUT2D eigenvalue weighted by Gasteiger charge is 2.32. The van der Waals surface area contributed by atoms with E-state index in [2.05, 4.69) is 10.2 Å². The first-order valence-electron chi connectivity index (χ1n) is 10.0. The van der Waals surface area contributed by atoms with Gasteiger partial charge in [-0.1, -0.05) is 18.6 Å². The van der Waals surface area contributed by atoms with E-state index in [4.69, 9.17) is 0 Å². The third-order valence-electron chi connectivity index (χ3n) is 5.72. The Labute approximate surface area is 164 Å². The Morgan fingerprint density at radius 2 is 1.78 bits per heavy atom. The zero-order valence-corrected chi connectivity index (χ0v) is 16.7. The van der Waals surface area contributed by atoms with Crippen LogP contribution < -0.4 is 5.32 Å². The lowest BCUT2D eigenvalue weighted by molar-refractivity contribution is -0.114. The molecule has 1 aliphatic carbocycles. The summed E-state index contributed by atoms with van der Waals surface area (Å²) in [7, 11) is 0. The molecule has 1 unspecified atom stereocenters. The van der Waals surface area contributed by atoms with Crippen molar-refractivity contribution in [3.05, 3.63) is 51.7 Å². The van der Waals surface area contributed by atoms with Crippen molar-refractivity contribution in [1.82, 2.24) is 4.90 Å². The summed E-state index contributed by atoms with van der Waals surface area (Å²) < 4.78 is 13.6. The number of piperidine rings is 1. The number of carbonyl (C=O) groups excluding carboxylic acids is 1. The molecule has 3 nitrogen and oxygen atoms in total. The van der Waals surface area contributed by atoms with E-state index < -0.39 is 0 Å². The van der Waals surface area contributed by atoms with Gasteiger partial charge in [0.25, 0.3) is 0 Å². The molecule has 1 saturated heterocycles. The summed E-state index contributed by atoms with van der Waals surface area (Å²) in [4.78, 5) is 15.8. The van der Waals surface area contributed by atoms with E-state index in [1.165, 1.54) is 48.1 Å². The summed E-state index contributed by atoms with van der Waals surface area (Å²) in [5.41, 5.74) is 3.81. The molecule has 1 atom stereocenters. The van der Waals surface area contributed by atoms with Crippen LogP contribution in [0.3, 0.4) is 0 Å². The topological polar surface area (TPSA) is 32.3 Å². The number of aryl methyl sites for hydroxylation is 1. The van der Waals surface area contributed by atoms with Gasteiger partial charge < -0.3 is 5.32 Å². The van der Waals surface area contributed by atoms with Gasteiger partial charge in [0.15, 0.2) is 0 Å². The van der Waals surface area contributed by atoms with E-state index in [0.717, 1.165) is 36.5 Å². The maximum Gasteiger partial charge on any atom is 0.221 e. The highest BCUT2D eigenvalue weighted by Crippen LogP contribution is 2.45. The van der Waals surface area contributed by atoms with Crippen LogP contribution in [-0.2, 0) is 17.6 Å². The van der Waals surface area contributed by atoms with Crippen LogP contribution in [0, 0.1) is 5.82 Å². The van der Waals surface area contributed by atoms with Crippen molar-refractivity contribution >= 4 is 22.2 Å². The van der Waals surface area contributed by atoms with Gasteiger partial charge in [0.2, 0.25) is 5.91 Å². The predicted octanol–water partition coefficient (Wildman–Crippen LogP) is 5.30. The second kappa shape index (κ2) is 8.11. The fourth-order valence-electron chi connectivity index (χ4n) is 4.51. The molecule has 144 valence electrons. The Morgan fingerprint density at radius 3 is 2.48 bits per heavy atom. The molecule has 1 N–H and O–H groups in total. The van der Waals surface area contributed by atoms with Gasteiger partial charge in [-0.2, -0.15) is 0 Å². The minimum absolute atomic E-state index is 0.0219. The summed E-state index contributed by atoms with van der Waals surface area (Å²) in [6, 6.07) is 7.04. The average Bonchev–Trinajstić information content (AvgIpc) is 3.02. The van der Waals surface area contributed by atoms with Gasteiger partial charge in [0.05, 0.1) is 6.04 Å². The van der Waals surface area contributed by atoms with Gasteiger partial charge in [-0.3, -0.25) is 9.69 Å². The second-order valence-electron chi connectivity index (χ2n) is 7.69. The third-order valence-corrected chi connectivity index (χ3v) is 6.94. The van der Waals surface area contributed by atoms with Crippen molar-refractivity contribution in [2.75, 3.05) is 18.4 Å². The number of hydrogen-bond donors (Lipinski definition) is 1. The van der Waals surface area contributed by atoms with E-state index >= 15 is 0 Å². The van der Waals surface area contributed by atoms with Crippen molar-refractivity contribution in [1.29, 1.82) is 0 Å². The zero-order chi connectivity index (χ0) is 18.8. The monoisotopic (exact) mass is 386 g/mol. The van der Waals surface area contributed by atoms with Gasteiger partial charge in [0, 0.05) is 17.4 Å².